The first kappa shape index (κ1) is 8.23. The Morgan fingerprint density at radius 2 is 2.56 bits per heavy atom. The van der Waals surface area contributed by atoms with E-state index in [-0.39, 0.29) is 13.2 Å². The van der Waals surface area contributed by atoms with Crippen LogP contribution in [0, 0.1) is 0 Å². The van der Waals surface area contributed by atoms with Gasteiger partial charge in [-0.3, -0.25) is 0 Å². The summed E-state index contributed by atoms with van der Waals surface area (Å²) in [5, 5.41) is 11.7. The van der Waals surface area contributed by atoms with Gasteiger partial charge in [0.25, 0.3) is 0 Å². The Morgan fingerprint density at radius 3 is 2.89 bits per heavy atom. The lowest BCUT2D eigenvalue weighted by molar-refractivity contribution is 0.146. The summed E-state index contributed by atoms with van der Waals surface area (Å²) in [6, 6.07) is -0.444. The van der Waals surface area contributed by atoms with Crippen LogP contribution in [0.1, 0.15) is 0 Å². The number of rotatable bonds is 4. The molecule has 0 heterocycles. The van der Waals surface area contributed by atoms with Crippen LogP contribution in [0.5, 0.6) is 0 Å². The summed E-state index contributed by atoms with van der Waals surface area (Å²) >= 11 is 0. The molecular formula is C4H9N3O2. The van der Waals surface area contributed by atoms with Gasteiger partial charge in [-0.25, -0.2) is 0 Å². The van der Waals surface area contributed by atoms with Crippen molar-refractivity contribution in [3.05, 3.63) is 10.4 Å². The van der Waals surface area contributed by atoms with Crippen molar-refractivity contribution >= 4 is 0 Å². The highest BCUT2D eigenvalue weighted by Crippen LogP contribution is 1.89. The van der Waals surface area contributed by atoms with Crippen LogP contribution in [-0.4, -0.2) is 31.5 Å². The van der Waals surface area contributed by atoms with E-state index in [4.69, 9.17) is 10.6 Å². The minimum atomic E-state index is -0.444. The summed E-state index contributed by atoms with van der Waals surface area (Å²) in [6.07, 6.45) is 0. The Labute approximate surface area is 52.9 Å². The summed E-state index contributed by atoms with van der Waals surface area (Å²) in [4.78, 5) is 2.51. The van der Waals surface area contributed by atoms with Gasteiger partial charge in [-0.1, -0.05) is 5.11 Å². The third-order valence-electron chi connectivity index (χ3n) is 0.785. The van der Waals surface area contributed by atoms with Gasteiger partial charge in [0.05, 0.1) is 19.3 Å². The summed E-state index contributed by atoms with van der Waals surface area (Å²) in [5.74, 6) is 0. The van der Waals surface area contributed by atoms with Gasteiger partial charge in [-0.05, 0) is 5.53 Å². The molecular weight excluding hydrogens is 122 g/mol. The van der Waals surface area contributed by atoms with Crippen LogP contribution >= 0.6 is 0 Å². The SMILES string of the molecule is COCC(CO)N=[N+]=[N-]. The number of nitrogens with zero attached hydrogens (tertiary/aromatic N) is 3. The molecule has 0 radical (unpaired) electrons. The minimum Gasteiger partial charge on any atom is -0.396 e. The fourth-order valence-corrected chi connectivity index (χ4v) is 0.388. The molecule has 1 atom stereocenters. The maximum absolute atomic E-state index is 8.44. The summed E-state index contributed by atoms with van der Waals surface area (Å²) in [5.41, 5.74) is 7.89. The molecule has 5 heteroatoms. The van der Waals surface area contributed by atoms with E-state index in [2.05, 4.69) is 14.8 Å². The smallest absolute Gasteiger partial charge is 0.0838 e. The van der Waals surface area contributed by atoms with Crippen LogP contribution in [0.4, 0.5) is 0 Å². The quantitative estimate of drug-likeness (QED) is 0.338. The van der Waals surface area contributed by atoms with Gasteiger partial charge < -0.3 is 9.84 Å². The van der Waals surface area contributed by atoms with Crippen LogP contribution in [0.2, 0.25) is 0 Å². The third kappa shape index (κ3) is 3.78. The molecule has 0 aliphatic rings. The van der Waals surface area contributed by atoms with Crippen LogP contribution in [-0.2, 0) is 4.74 Å². The molecule has 0 aliphatic heterocycles. The van der Waals surface area contributed by atoms with E-state index < -0.39 is 6.04 Å². The Balaban J connectivity index is 3.53. The molecule has 1 unspecified atom stereocenters. The first-order valence-electron chi connectivity index (χ1n) is 2.49. The molecule has 0 aromatic rings. The van der Waals surface area contributed by atoms with E-state index in [1.165, 1.54) is 7.11 Å². The van der Waals surface area contributed by atoms with E-state index in [1.54, 1.807) is 0 Å². The molecule has 52 valence electrons. The van der Waals surface area contributed by atoms with E-state index in [0.717, 1.165) is 0 Å². The zero-order chi connectivity index (χ0) is 7.11. The number of azide groups is 1. The number of methoxy groups -OCH3 is 1. The van der Waals surface area contributed by atoms with Crippen molar-refractivity contribution < 1.29 is 9.84 Å². The van der Waals surface area contributed by atoms with E-state index in [1.807, 2.05) is 0 Å². The van der Waals surface area contributed by atoms with Gasteiger partial charge in [-0.15, -0.1) is 0 Å². The van der Waals surface area contributed by atoms with E-state index >= 15 is 0 Å². The molecule has 5 nitrogen and oxygen atoms in total. The van der Waals surface area contributed by atoms with Crippen molar-refractivity contribution in [2.75, 3.05) is 20.3 Å². The summed E-state index contributed by atoms with van der Waals surface area (Å²) in [7, 11) is 1.48. The van der Waals surface area contributed by atoms with Gasteiger partial charge in [-0.2, -0.15) is 0 Å². The van der Waals surface area contributed by atoms with Gasteiger partial charge in [0, 0.05) is 12.0 Å². The summed E-state index contributed by atoms with van der Waals surface area (Å²) < 4.78 is 4.62. The topological polar surface area (TPSA) is 78.2 Å². The molecule has 0 aromatic carbocycles. The Bertz CT molecular complexity index is 110. The highest BCUT2D eigenvalue weighted by Gasteiger charge is 2.00. The zero-order valence-corrected chi connectivity index (χ0v) is 5.19. The molecule has 0 aliphatic carbocycles. The largest absolute Gasteiger partial charge is 0.396 e. The fraction of sp³-hybridized carbons (Fsp3) is 1.00. The standard InChI is InChI=1S/C4H9N3O2/c1-9-3-4(2-8)6-7-5/h4,8H,2-3H2,1H3. The van der Waals surface area contributed by atoms with Crippen molar-refractivity contribution in [2.24, 2.45) is 5.11 Å². The predicted molar refractivity (Wildman–Crippen MR) is 31.9 cm³/mol. The second-order valence-corrected chi connectivity index (χ2v) is 1.50. The molecule has 1 N–H and O–H groups in total. The Hall–Kier alpha value is -0.770. The van der Waals surface area contributed by atoms with Gasteiger partial charge >= 0.3 is 0 Å². The van der Waals surface area contributed by atoms with Crippen molar-refractivity contribution in [2.45, 2.75) is 6.04 Å². The van der Waals surface area contributed by atoms with E-state index in [0.29, 0.717) is 0 Å². The molecule has 0 aromatic heterocycles. The first-order chi connectivity index (χ1) is 4.35. The minimum absolute atomic E-state index is 0.169. The van der Waals surface area contributed by atoms with Crippen molar-refractivity contribution in [1.82, 2.24) is 0 Å². The number of hydrogen-bond donors (Lipinski definition) is 1. The zero-order valence-electron chi connectivity index (χ0n) is 5.19. The van der Waals surface area contributed by atoms with Crippen molar-refractivity contribution in [3.63, 3.8) is 0 Å². The molecule has 0 spiro atoms. The fourth-order valence-electron chi connectivity index (χ4n) is 0.388. The average Bonchev–Trinajstić information content (AvgIpc) is 1.88. The second-order valence-electron chi connectivity index (χ2n) is 1.50. The molecule has 0 fully saturated rings. The average molecular weight is 131 g/mol. The highest BCUT2D eigenvalue weighted by atomic mass is 16.5. The Morgan fingerprint density at radius 1 is 1.89 bits per heavy atom. The molecule has 0 saturated heterocycles. The van der Waals surface area contributed by atoms with E-state index in [9.17, 15) is 0 Å². The predicted octanol–water partition coefficient (Wildman–Crippen LogP) is 0.304. The number of hydrogen-bond acceptors (Lipinski definition) is 3. The van der Waals surface area contributed by atoms with Gasteiger partial charge in [0.15, 0.2) is 0 Å². The number of ether oxygens (including phenoxy) is 1. The van der Waals surface area contributed by atoms with Crippen LogP contribution in [0.3, 0.4) is 0 Å². The van der Waals surface area contributed by atoms with Gasteiger partial charge in [0.1, 0.15) is 0 Å². The molecule has 0 bridgehead atoms. The maximum atomic E-state index is 8.44. The molecule has 0 amide bonds. The normalized spacial score (nSPS) is 12.2. The van der Waals surface area contributed by atoms with Crippen molar-refractivity contribution in [1.29, 1.82) is 0 Å². The lowest BCUT2D eigenvalue weighted by Gasteiger charge is -2.02. The molecule has 0 saturated carbocycles. The monoisotopic (exact) mass is 131 g/mol. The van der Waals surface area contributed by atoms with Gasteiger partial charge in [0.2, 0.25) is 0 Å². The number of aliphatic hydroxyl groups excluding tert-OH is 1. The molecule has 0 rings (SSSR count). The molecule has 9 heavy (non-hydrogen) atoms. The third-order valence-corrected chi connectivity index (χ3v) is 0.785. The highest BCUT2D eigenvalue weighted by molar-refractivity contribution is 4.63. The Kier molecular flexibility index (Phi) is 4.91. The lowest BCUT2D eigenvalue weighted by Crippen LogP contribution is -2.15. The first-order valence-corrected chi connectivity index (χ1v) is 2.49. The van der Waals surface area contributed by atoms with Crippen molar-refractivity contribution in [3.8, 4) is 0 Å². The lowest BCUT2D eigenvalue weighted by atomic mass is 10.4. The van der Waals surface area contributed by atoms with Crippen LogP contribution in [0.15, 0.2) is 5.11 Å². The second kappa shape index (κ2) is 5.37. The maximum Gasteiger partial charge on any atom is 0.0838 e. The summed E-state index contributed by atoms with van der Waals surface area (Å²) in [6.45, 7) is 0.0957. The van der Waals surface area contributed by atoms with Crippen LogP contribution in [0.25, 0.3) is 10.4 Å². The number of aliphatic hydroxyl groups is 1. The van der Waals surface area contributed by atoms with Crippen LogP contribution < -0.4 is 0 Å².